The van der Waals surface area contributed by atoms with E-state index < -0.39 is 0 Å². The minimum Gasteiger partial charge on any atom is -0.297 e. The van der Waals surface area contributed by atoms with Gasteiger partial charge in [0.05, 0.1) is 11.1 Å². The quantitative estimate of drug-likeness (QED) is 0.758. The Morgan fingerprint density at radius 3 is 2.90 bits per heavy atom. The van der Waals surface area contributed by atoms with Gasteiger partial charge in [0.15, 0.2) is 0 Å². The number of nitrogens with zero attached hydrogens (tertiary/aromatic N) is 1. The number of hydrogen-bond donors (Lipinski definition) is 1. The second-order valence-electron chi connectivity index (χ2n) is 6.04. The molecule has 2 atom stereocenters. The number of rotatable bonds is 6. The minimum atomic E-state index is -0.324. The van der Waals surface area contributed by atoms with E-state index in [1.807, 2.05) is 18.2 Å². The topological polar surface area (TPSA) is 35.8 Å². The molecule has 1 aliphatic carbocycles. The summed E-state index contributed by atoms with van der Waals surface area (Å²) in [5.74, 6) is 1.46. The molecule has 2 rings (SSSR count). The monoisotopic (exact) mass is 322 g/mol. The fraction of sp³-hybridized carbons (Fsp3) is 0.588. The molecule has 1 fully saturated rings. The van der Waals surface area contributed by atoms with Gasteiger partial charge in [-0.1, -0.05) is 30.2 Å². The summed E-state index contributed by atoms with van der Waals surface area (Å²) in [5, 5.41) is 14.0. The molecule has 0 aromatic heterocycles. The Morgan fingerprint density at radius 2 is 2.24 bits per heavy atom. The number of nitrogens with one attached hydrogen (secondary N) is 1. The van der Waals surface area contributed by atoms with Crippen LogP contribution in [0.25, 0.3) is 0 Å². The summed E-state index contributed by atoms with van der Waals surface area (Å²) in [6.45, 7) is 4.24. The highest BCUT2D eigenvalue weighted by Gasteiger charge is 2.42. The number of halogens is 1. The zero-order valence-corrected chi connectivity index (χ0v) is 14.3. The van der Waals surface area contributed by atoms with Gasteiger partial charge in [-0.05, 0) is 56.9 Å². The molecule has 4 heteroatoms. The van der Waals surface area contributed by atoms with Crippen LogP contribution in [0.2, 0.25) is 5.02 Å². The molecule has 1 aromatic carbocycles. The summed E-state index contributed by atoms with van der Waals surface area (Å²) >= 11 is 7.98. The first-order valence-electron chi connectivity index (χ1n) is 7.63. The molecule has 0 amide bonds. The lowest BCUT2D eigenvalue weighted by Crippen LogP contribution is -2.50. The van der Waals surface area contributed by atoms with Gasteiger partial charge in [-0.2, -0.15) is 5.26 Å². The fourth-order valence-corrected chi connectivity index (χ4v) is 4.53. The number of benzene rings is 1. The molecule has 114 valence electrons. The maximum absolute atomic E-state index is 9.66. The summed E-state index contributed by atoms with van der Waals surface area (Å²) in [7, 11) is 0. The lowest BCUT2D eigenvalue weighted by Gasteiger charge is -2.32. The van der Waals surface area contributed by atoms with Crippen molar-refractivity contribution in [3.05, 3.63) is 29.3 Å². The van der Waals surface area contributed by atoms with E-state index in [1.165, 1.54) is 0 Å². The van der Waals surface area contributed by atoms with E-state index in [2.05, 4.69) is 31.3 Å². The predicted molar refractivity (Wildman–Crippen MR) is 90.7 cm³/mol. The van der Waals surface area contributed by atoms with E-state index in [1.54, 1.807) is 11.8 Å². The Balaban J connectivity index is 1.93. The normalized spacial score (nSPS) is 25.2. The van der Waals surface area contributed by atoms with E-state index in [0.29, 0.717) is 12.0 Å². The third kappa shape index (κ3) is 4.16. The van der Waals surface area contributed by atoms with Crippen LogP contribution in [0.4, 0.5) is 0 Å². The predicted octanol–water partition coefficient (Wildman–Crippen LogP) is 4.88. The van der Waals surface area contributed by atoms with Crippen molar-refractivity contribution >= 4 is 23.4 Å². The maximum Gasteiger partial charge on any atom is 0.109 e. The molecule has 1 aliphatic rings. The van der Waals surface area contributed by atoms with Crippen LogP contribution in [0, 0.1) is 17.2 Å². The second kappa shape index (κ2) is 7.54. The fourth-order valence-electron chi connectivity index (χ4n) is 3.23. The molecular weight excluding hydrogens is 300 g/mol. The number of hydrogen-bond acceptors (Lipinski definition) is 3. The first-order chi connectivity index (χ1) is 10.1. The van der Waals surface area contributed by atoms with Gasteiger partial charge in [0, 0.05) is 10.9 Å². The number of thioether (sulfide) groups is 1. The standard InChI is InChI=1S/C17H23ClN2S/c1-13(2)20-17(12-19)10-5-6-14(17)9-11-21-16-8-4-3-7-15(16)18/h3-4,7-8,13-14,20H,5-6,9-11H2,1-2H3. The van der Waals surface area contributed by atoms with Crippen molar-refractivity contribution in [2.45, 2.75) is 56.0 Å². The van der Waals surface area contributed by atoms with E-state index in [9.17, 15) is 5.26 Å². The molecule has 2 unspecified atom stereocenters. The van der Waals surface area contributed by atoms with Gasteiger partial charge in [0.2, 0.25) is 0 Å². The van der Waals surface area contributed by atoms with E-state index in [0.717, 1.165) is 41.4 Å². The lowest BCUT2D eigenvalue weighted by molar-refractivity contribution is 0.289. The van der Waals surface area contributed by atoms with Gasteiger partial charge in [-0.15, -0.1) is 11.8 Å². The molecule has 1 N–H and O–H groups in total. The summed E-state index contributed by atoms with van der Waals surface area (Å²) in [6, 6.07) is 10.9. The smallest absolute Gasteiger partial charge is 0.109 e. The van der Waals surface area contributed by atoms with Crippen LogP contribution >= 0.6 is 23.4 Å². The molecule has 0 saturated heterocycles. The highest BCUT2D eigenvalue weighted by Crippen LogP contribution is 2.39. The summed E-state index contributed by atoms with van der Waals surface area (Å²) in [6.07, 6.45) is 4.33. The van der Waals surface area contributed by atoms with Crippen LogP contribution in [0.1, 0.15) is 39.5 Å². The summed E-state index contributed by atoms with van der Waals surface area (Å²) in [4.78, 5) is 1.14. The molecule has 0 radical (unpaired) electrons. The average molecular weight is 323 g/mol. The highest BCUT2D eigenvalue weighted by atomic mass is 35.5. The maximum atomic E-state index is 9.66. The van der Waals surface area contributed by atoms with Crippen LogP contribution in [0.15, 0.2) is 29.2 Å². The number of nitriles is 1. The van der Waals surface area contributed by atoms with Crippen LogP contribution < -0.4 is 5.32 Å². The Hall–Kier alpha value is -0.690. The Labute approximate surface area is 137 Å². The van der Waals surface area contributed by atoms with Gasteiger partial charge in [-0.25, -0.2) is 0 Å². The van der Waals surface area contributed by atoms with E-state index >= 15 is 0 Å². The molecule has 0 aliphatic heterocycles. The van der Waals surface area contributed by atoms with Crippen molar-refractivity contribution in [1.82, 2.24) is 5.32 Å². The van der Waals surface area contributed by atoms with Crippen molar-refractivity contribution in [2.24, 2.45) is 5.92 Å². The van der Waals surface area contributed by atoms with Gasteiger partial charge < -0.3 is 0 Å². The van der Waals surface area contributed by atoms with Crippen molar-refractivity contribution in [2.75, 3.05) is 5.75 Å². The zero-order valence-electron chi connectivity index (χ0n) is 12.7. The van der Waals surface area contributed by atoms with Gasteiger partial charge in [0.1, 0.15) is 5.54 Å². The minimum absolute atomic E-state index is 0.324. The molecular formula is C17H23ClN2S. The second-order valence-corrected chi connectivity index (χ2v) is 7.58. The average Bonchev–Trinajstić information content (AvgIpc) is 2.84. The molecule has 0 bridgehead atoms. The Bertz CT molecular complexity index is 512. The molecule has 2 nitrogen and oxygen atoms in total. The first kappa shape index (κ1) is 16.7. The van der Waals surface area contributed by atoms with Crippen molar-refractivity contribution in [3.63, 3.8) is 0 Å². The third-order valence-corrected chi connectivity index (χ3v) is 5.68. The molecule has 1 saturated carbocycles. The molecule has 0 heterocycles. The van der Waals surface area contributed by atoms with Crippen LogP contribution in [-0.4, -0.2) is 17.3 Å². The lowest BCUT2D eigenvalue weighted by atomic mass is 9.86. The largest absolute Gasteiger partial charge is 0.297 e. The first-order valence-corrected chi connectivity index (χ1v) is 9.00. The van der Waals surface area contributed by atoms with Crippen LogP contribution in [-0.2, 0) is 0 Å². The van der Waals surface area contributed by atoms with Crippen LogP contribution in [0.3, 0.4) is 0 Å². The molecule has 1 aromatic rings. The summed E-state index contributed by atoms with van der Waals surface area (Å²) in [5.41, 5.74) is -0.324. The Morgan fingerprint density at radius 1 is 1.48 bits per heavy atom. The third-order valence-electron chi connectivity index (χ3n) is 4.13. The van der Waals surface area contributed by atoms with Gasteiger partial charge in [-0.3, -0.25) is 5.32 Å². The van der Waals surface area contributed by atoms with Gasteiger partial charge >= 0.3 is 0 Å². The zero-order chi connectivity index (χ0) is 15.3. The Kier molecular flexibility index (Phi) is 5.98. The van der Waals surface area contributed by atoms with E-state index in [4.69, 9.17) is 11.6 Å². The molecule has 21 heavy (non-hydrogen) atoms. The van der Waals surface area contributed by atoms with Crippen molar-refractivity contribution in [3.8, 4) is 6.07 Å². The van der Waals surface area contributed by atoms with Crippen LogP contribution in [0.5, 0.6) is 0 Å². The SMILES string of the molecule is CC(C)NC1(C#N)CCCC1CCSc1ccccc1Cl. The van der Waals surface area contributed by atoms with E-state index in [-0.39, 0.29) is 5.54 Å². The molecule has 0 spiro atoms. The van der Waals surface area contributed by atoms with Gasteiger partial charge in [0.25, 0.3) is 0 Å². The summed E-state index contributed by atoms with van der Waals surface area (Å²) < 4.78 is 0. The van der Waals surface area contributed by atoms with Crippen molar-refractivity contribution < 1.29 is 0 Å². The highest BCUT2D eigenvalue weighted by molar-refractivity contribution is 7.99. The van der Waals surface area contributed by atoms with Crippen molar-refractivity contribution in [1.29, 1.82) is 5.26 Å².